The van der Waals surface area contributed by atoms with Gasteiger partial charge in [0.25, 0.3) is 0 Å². The van der Waals surface area contributed by atoms with Crippen molar-refractivity contribution in [1.82, 2.24) is 0 Å². The fraction of sp³-hybridized carbons (Fsp3) is 0.286. The number of hydrogen-bond donors (Lipinski definition) is 1. The molecule has 1 heterocycles. The number of methoxy groups -OCH3 is 1. The van der Waals surface area contributed by atoms with Gasteiger partial charge in [-0.05, 0) is 52.5 Å². The summed E-state index contributed by atoms with van der Waals surface area (Å²) in [4.78, 5) is 0. The topological polar surface area (TPSA) is 34.4 Å². The lowest BCUT2D eigenvalue weighted by Gasteiger charge is -2.08. The van der Waals surface area contributed by atoms with Crippen LogP contribution < -0.4 is 10.1 Å². The van der Waals surface area contributed by atoms with E-state index in [1.807, 2.05) is 30.3 Å². The van der Waals surface area contributed by atoms with Gasteiger partial charge in [0, 0.05) is 5.69 Å². The molecule has 0 aliphatic rings. The summed E-state index contributed by atoms with van der Waals surface area (Å²) < 4.78 is 11.8. The Balaban J connectivity index is 1.95. The van der Waals surface area contributed by atoms with Gasteiger partial charge in [-0.1, -0.05) is 0 Å². The zero-order valence-electron chi connectivity index (χ0n) is 10.9. The first kappa shape index (κ1) is 14.3. The number of anilines is 1. The van der Waals surface area contributed by atoms with Crippen LogP contribution in [-0.2, 0) is 12.3 Å². The zero-order chi connectivity index (χ0) is 13.7. The summed E-state index contributed by atoms with van der Waals surface area (Å²) in [5.41, 5.74) is 1.02. The molecule has 5 heteroatoms. The van der Waals surface area contributed by atoms with E-state index in [4.69, 9.17) is 9.15 Å². The SMILES string of the molecule is COc1ccc(NCc2ccc(CSC)o2)cc1Br. The largest absolute Gasteiger partial charge is 0.496 e. The third-order valence-electron chi connectivity index (χ3n) is 2.62. The van der Waals surface area contributed by atoms with Crippen LogP contribution >= 0.6 is 27.7 Å². The first-order valence-electron chi connectivity index (χ1n) is 5.87. The number of ether oxygens (including phenoxy) is 1. The second-order valence-electron chi connectivity index (χ2n) is 4.00. The van der Waals surface area contributed by atoms with Crippen molar-refractivity contribution < 1.29 is 9.15 Å². The molecular formula is C14H16BrNO2S. The standard InChI is InChI=1S/C14H16BrNO2S/c1-17-14-6-3-10(7-13(14)15)16-8-11-4-5-12(18-11)9-19-2/h3-7,16H,8-9H2,1-2H3. The van der Waals surface area contributed by atoms with Crippen molar-refractivity contribution in [1.29, 1.82) is 0 Å². The molecule has 2 aromatic rings. The van der Waals surface area contributed by atoms with Crippen molar-refractivity contribution in [2.45, 2.75) is 12.3 Å². The maximum Gasteiger partial charge on any atom is 0.133 e. The summed E-state index contributed by atoms with van der Waals surface area (Å²) in [6.07, 6.45) is 2.06. The van der Waals surface area contributed by atoms with E-state index in [-0.39, 0.29) is 0 Å². The van der Waals surface area contributed by atoms with Crippen molar-refractivity contribution in [3.05, 3.63) is 46.3 Å². The molecule has 0 aliphatic heterocycles. The molecule has 0 bridgehead atoms. The average Bonchev–Trinajstić information content (AvgIpc) is 2.85. The maximum atomic E-state index is 5.70. The van der Waals surface area contributed by atoms with Gasteiger partial charge in [-0.15, -0.1) is 0 Å². The summed E-state index contributed by atoms with van der Waals surface area (Å²) in [5, 5.41) is 3.32. The van der Waals surface area contributed by atoms with Gasteiger partial charge in [-0.3, -0.25) is 0 Å². The summed E-state index contributed by atoms with van der Waals surface area (Å²) in [7, 11) is 1.66. The van der Waals surface area contributed by atoms with Crippen LogP contribution in [0.2, 0.25) is 0 Å². The van der Waals surface area contributed by atoms with Gasteiger partial charge >= 0.3 is 0 Å². The number of nitrogens with one attached hydrogen (secondary N) is 1. The number of thioether (sulfide) groups is 1. The van der Waals surface area contributed by atoms with Gasteiger partial charge in [-0.2, -0.15) is 11.8 Å². The number of benzene rings is 1. The van der Waals surface area contributed by atoms with Crippen LogP contribution in [0, 0.1) is 0 Å². The van der Waals surface area contributed by atoms with Crippen molar-refractivity contribution >= 4 is 33.4 Å². The molecule has 19 heavy (non-hydrogen) atoms. The van der Waals surface area contributed by atoms with Crippen molar-refractivity contribution in [2.24, 2.45) is 0 Å². The van der Waals surface area contributed by atoms with Crippen molar-refractivity contribution in [3.63, 3.8) is 0 Å². The molecule has 1 N–H and O–H groups in total. The highest BCUT2D eigenvalue weighted by Gasteiger charge is 2.04. The Morgan fingerprint density at radius 3 is 2.74 bits per heavy atom. The molecule has 0 aliphatic carbocycles. The summed E-state index contributed by atoms with van der Waals surface area (Å²) in [5.74, 6) is 3.69. The van der Waals surface area contributed by atoms with Crippen molar-refractivity contribution in [2.75, 3.05) is 18.7 Å². The fourth-order valence-corrected chi connectivity index (χ4v) is 2.68. The molecule has 2 rings (SSSR count). The fourth-order valence-electron chi connectivity index (χ4n) is 1.70. The second-order valence-corrected chi connectivity index (χ2v) is 5.72. The Morgan fingerprint density at radius 1 is 1.26 bits per heavy atom. The minimum atomic E-state index is 0.674. The molecular weight excluding hydrogens is 326 g/mol. The predicted octanol–water partition coefficient (Wildman–Crippen LogP) is 4.53. The van der Waals surface area contributed by atoms with Gasteiger partial charge in [-0.25, -0.2) is 0 Å². The molecule has 0 fully saturated rings. The number of furan rings is 1. The maximum absolute atomic E-state index is 5.70. The molecule has 0 spiro atoms. The van der Waals surface area contributed by atoms with Crippen LogP contribution in [0.3, 0.4) is 0 Å². The predicted molar refractivity (Wildman–Crippen MR) is 83.9 cm³/mol. The van der Waals surface area contributed by atoms with Gasteiger partial charge in [0.15, 0.2) is 0 Å². The Hall–Kier alpha value is -1.07. The van der Waals surface area contributed by atoms with Gasteiger partial charge < -0.3 is 14.5 Å². The van der Waals surface area contributed by atoms with Crippen LogP contribution in [0.1, 0.15) is 11.5 Å². The monoisotopic (exact) mass is 341 g/mol. The Morgan fingerprint density at radius 2 is 2.05 bits per heavy atom. The molecule has 1 aromatic carbocycles. The first-order chi connectivity index (χ1) is 9.22. The highest BCUT2D eigenvalue weighted by Crippen LogP contribution is 2.28. The molecule has 102 valence electrons. The first-order valence-corrected chi connectivity index (χ1v) is 8.05. The lowest BCUT2D eigenvalue weighted by molar-refractivity contribution is 0.412. The van der Waals surface area contributed by atoms with Gasteiger partial charge in [0.2, 0.25) is 0 Å². The minimum Gasteiger partial charge on any atom is -0.496 e. The molecule has 0 radical (unpaired) electrons. The summed E-state index contributed by atoms with van der Waals surface area (Å²) in [6.45, 7) is 0.674. The normalized spacial score (nSPS) is 10.5. The smallest absolute Gasteiger partial charge is 0.133 e. The van der Waals surface area contributed by atoms with Crippen LogP contribution in [0.5, 0.6) is 5.75 Å². The Kier molecular flexibility index (Phi) is 5.22. The van der Waals surface area contributed by atoms with E-state index in [0.717, 1.165) is 33.2 Å². The van der Waals surface area contributed by atoms with E-state index in [1.165, 1.54) is 0 Å². The zero-order valence-corrected chi connectivity index (χ0v) is 13.3. The van der Waals surface area contributed by atoms with E-state index < -0.39 is 0 Å². The lowest BCUT2D eigenvalue weighted by atomic mass is 10.3. The lowest BCUT2D eigenvalue weighted by Crippen LogP contribution is -1.98. The summed E-state index contributed by atoms with van der Waals surface area (Å²) >= 11 is 5.22. The van der Waals surface area contributed by atoms with Crippen LogP contribution in [0.15, 0.2) is 39.2 Å². The highest BCUT2D eigenvalue weighted by molar-refractivity contribution is 9.10. The number of hydrogen-bond acceptors (Lipinski definition) is 4. The molecule has 0 unspecified atom stereocenters. The van der Waals surface area contributed by atoms with E-state index in [0.29, 0.717) is 6.54 Å². The van der Waals surface area contributed by atoms with E-state index in [9.17, 15) is 0 Å². The Bertz CT molecular complexity index is 542. The minimum absolute atomic E-state index is 0.674. The molecule has 0 saturated heterocycles. The van der Waals surface area contributed by atoms with Crippen LogP contribution in [0.25, 0.3) is 0 Å². The second kappa shape index (κ2) is 6.91. The average molecular weight is 342 g/mol. The van der Waals surface area contributed by atoms with Gasteiger partial charge in [0.1, 0.15) is 17.3 Å². The van der Waals surface area contributed by atoms with Gasteiger partial charge in [0.05, 0.1) is 23.9 Å². The van der Waals surface area contributed by atoms with Crippen LogP contribution in [0.4, 0.5) is 5.69 Å². The summed E-state index contributed by atoms with van der Waals surface area (Å²) in [6, 6.07) is 9.93. The molecule has 0 atom stereocenters. The number of rotatable bonds is 6. The van der Waals surface area contributed by atoms with E-state index >= 15 is 0 Å². The Labute approximate surface area is 125 Å². The van der Waals surface area contributed by atoms with Crippen LogP contribution in [-0.4, -0.2) is 13.4 Å². The molecule has 0 saturated carbocycles. The van der Waals surface area contributed by atoms with E-state index in [1.54, 1.807) is 18.9 Å². The molecule has 1 aromatic heterocycles. The molecule has 0 amide bonds. The van der Waals surface area contributed by atoms with E-state index in [2.05, 4.69) is 27.5 Å². The molecule has 3 nitrogen and oxygen atoms in total. The van der Waals surface area contributed by atoms with Crippen molar-refractivity contribution in [3.8, 4) is 5.75 Å². The number of halogens is 1. The third kappa shape index (κ3) is 3.94. The third-order valence-corrected chi connectivity index (χ3v) is 3.82. The quantitative estimate of drug-likeness (QED) is 0.837. The highest BCUT2D eigenvalue weighted by atomic mass is 79.9.